The lowest BCUT2D eigenvalue weighted by molar-refractivity contribution is -0.384. The molecule has 0 bridgehead atoms. The number of thioether (sulfide) groups is 1. The van der Waals surface area contributed by atoms with Crippen molar-refractivity contribution < 1.29 is 4.92 Å². The second-order valence-corrected chi connectivity index (χ2v) is 6.36. The van der Waals surface area contributed by atoms with Gasteiger partial charge in [-0.3, -0.25) is 10.1 Å². The van der Waals surface area contributed by atoms with Crippen molar-refractivity contribution in [3.63, 3.8) is 0 Å². The maximum atomic E-state index is 10.7. The molecule has 1 unspecified atom stereocenters. The Labute approximate surface area is 138 Å². The molecule has 2 aromatic carbocycles. The molecule has 23 heavy (non-hydrogen) atoms. The molecule has 0 radical (unpaired) electrons. The van der Waals surface area contributed by atoms with Gasteiger partial charge < -0.3 is 11.1 Å². The van der Waals surface area contributed by atoms with Crippen LogP contribution in [0.4, 0.5) is 5.69 Å². The molecule has 118 valence electrons. The summed E-state index contributed by atoms with van der Waals surface area (Å²) in [6, 6.07) is 16.6. The normalized spacial score (nSPS) is 18.1. The number of nitrogens with zero attached hydrogens (tertiary/aromatic N) is 1. The Hall–Kier alpha value is -2.31. The highest BCUT2D eigenvalue weighted by molar-refractivity contribution is 8.02. The van der Waals surface area contributed by atoms with Gasteiger partial charge in [0.2, 0.25) is 0 Å². The van der Waals surface area contributed by atoms with Gasteiger partial charge in [-0.15, -0.1) is 11.8 Å². The van der Waals surface area contributed by atoms with E-state index in [1.54, 1.807) is 23.9 Å². The molecule has 0 aromatic heterocycles. The Morgan fingerprint density at radius 2 is 1.87 bits per heavy atom. The number of nitro benzene ring substituents is 1. The van der Waals surface area contributed by atoms with E-state index in [9.17, 15) is 10.1 Å². The molecule has 0 aliphatic carbocycles. The quantitative estimate of drug-likeness (QED) is 0.650. The highest BCUT2D eigenvalue weighted by Crippen LogP contribution is 2.34. The van der Waals surface area contributed by atoms with Gasteiger partial charge in [0.1, 0.15) is 5.37 Å². The number of nitrogens with one attached hydrogen (secondary N) is 1. The van der Waals surface area contributed by atoms with Gasteiger partial charge >= 0.3 is 0 Å². The predicted octanol–water partition coefficient (Wildman–Crippen LogP) is 3.34. The lowest BCUT2D eigenvalue weighted by Crippen LogP contribution is -2.32. The number of rotatable bonds is 5. The number of nitro groups is 1. The first-order valence-electron chi connectivity index (χ1n) is 7.29. The average Bonchev–Trinajstić information content (AvgIpc) is 3.06. The van der Waals surface area contributed by atoms with Crippen LogP contribution in [0.2, 0.25) is 0 Å². The van der Waals surface area contributed by atoms with E-state index < -0.39 is 4.92 Å². The summed E-state index contributed by atoms with van der Waals surface area (Å²) < 4.78 is 0. The van der Waals surface area contributed by atoms with E-state index in [2.05, 4.69) is 22.9 Å². The minimum absolute atomic E-state index is 0.0974. The monoisotopic (exact) mass is 327 g/mol. The Bertz CT molecular complexity index is 716. The van der Waals surface area contributed by atoms with E-state index in [1.165, 1.54) is 17.7 Å². The van der Waals surface area contributed by atoms with E-state index in [1.807, 2.05) is 18.2 Å². The maximum Gasteiger partial charge on any atom is 0.269 e. The Morgan fingerprint density at radius 3 is 2.52 bits per heavy atom. The van der Waals surface area contributed by atoms with Crippen LogP contribution in [0.25, 0.3) is 0 Å². The van der Waals surface area contributed by atoms with Gasteiger partial charge in [0.15, 0.2) is 0 Å². The first kappa shape index (κ1) is 15.6. The molecule has 1 heterocycles. The zero-order chi connectivity index (χ0) is 16.2. The number of non-ortho nitro benzene ring substituents is 1. The molecule has 0 spiro atoms. The van der Waals surface area contributed by atoms with Crippen molar-refractivity contribution in [1.29, 1.82) is 0 Å². The summed E-state index contributed by atoms with van der Waals surface area (Å²) in [6.45, 7) is 0. The largest absolute Gasteiger partial charge is 0.371 e. The SMILES string of the molecule is N[C@@H](Cc1ccc([N+](=O)[O-])cc1)C1=CSC(c2ccccc2)N1. The fourth-order valence-corrected chi connectivity index (χ4v) is 3.51. The van der Waals surface area contributed by atoms with E-state index in [4.69, 9.17) is 5.73 Å². The third-order valence-electron chi connectivity index (χ3n) is 3.73. The first-order valence-corrected chi connectivity index (χ1v) is 8.23. The van der Waals surface area contributed by atoms with Gasteiger partial charge in [0.05, 0.1) is 4.92 Å². The van der Waals surface area contributed by atoms with Gasteiger partial charge in [-0.2, -0.15) is 0 Å². The summed E-state index contributed by atoms with van der Waals surface area (Å²) in [4.78, 5) is 10.3. The van der Waals surface area contributed by atoms with Crippen molar-refractivity contribution in [3.05, 3.63) is 86.9 Å². The summed E-state index contributed by atoms with van der Waals surface area (Å²) in [6.07, 6.45) is 0.638. The second-order valence-electron chi connectivity index (χ2n) is 5.38. The molecule has 1 aliphatic heterocycles. The van der Waals surface area contributed by atoms with Crippen LogP contribution in [0.3, 0.4) is 0 Å². The van der Waals surface area contributed by atoms with Crippen LogP contribution < -0.4 is 11.1 Å². The summed E-state index contributed by atoms with van der Waals surface area (Å²) >= 11 is 1.71. The predicted molar refractivity (Wildman–Crippen MR) is 92.8 cm³/mol. The minimum Gasteiger partial charge on any atom is -0.371 e. The first-order chi connectivity index (χ1) is 11.1. The van der Waals surface area contributed by atoms with Crippen LogP contribution in [0, 0.1) is 10.1 Å². The third-order valence-corrected chi connectivity index (χ3v) is 4.79. The molecule has 5 nitrogen and oxygen atoms in total. The van der Waals surface area contributed by atoms with Crippen molar-refractivity contribution in [2.45, 2.75) is 17.8 Å². The van der Waals surface area contributed by atoms with Crippen LogP contribution in [0.1, 0.15) is 16.5 Å². The Balaban J connectivity index is 1.61. The summed E-state index contributed by atoms with van der Waals surface area (Å²) in [5.74, 6) is 0. The number of hydrogen-bond donors (Lipinski definition) is 2. The molecule has 3 rings (SSSR count). The molecule has 2 aromatic rings. The van der Waals surface area contributed by atoms with Crippen molar-refractivity contribution in [3.8, 4) is 0 Å². The maximum absolute atomic E-state index is 10.7. The zero-order valence-electron chi connectivity index (χ0n) is 12.4. The van der Waals surface area contributed by atoms with Crippen molar-refractivity contribution in [2.24, 2.45) is 5.73 Å². The number of hydrogen-bond acceptors (Lipinski definition) is 5. The molecule has 2 atom stereocenters. The van der Waals surface area contributed by atoms with E-state index >= 15 is 0 Å². The van der Waals surface area contributed by atoms with Gasteiger partial charge in [-0.25, -0.2) is 0 Å². The fourth-order valence-electron chi connectivity index (χ4n) is 2.46. The summed E-state index contributed by atoms with van der Waals surface area (Å²) in [5.41, 5.74) is 9.57. The van der Waals surface area contributed by atoms with E-state index in [0.29, 0.717) is 6.42 Å². The molecule has 3 N–H and O–H groups in total. The van der Waals surface area contributed by atoms with Crippen LogP contribution >= 0.6 is 11.8 Å². The van der Waals surface area contributed by atoms with Crippen molar-refractivity contribution in [1.82, 2.24) is 5.32 Å². The molecule has 1 aliphatic rings. The van der Waals surface area contributed by atoms with Gasteiger partial charge in [0.25, 0.3) is 5.69 Å². The lowest BCUT2D eigenvalue weighted by atomic mass is 10.0. The lowest BCUT2D eigenvalue weighted by Gasteiger charge is -2.17. The van der Waals surface area contributed by atoms with Crippen LogP contribution in [-0.2, 0) is 6.42 Å². The molecule has 0 amide bonds. The van der Waals surface area contributed by atoms with Crippen LogP contribution in [0.15, 0.2) is 65.7 Å². The summed E-state index contributed by atoms with van der Waals surface area (Å²) in [5, 5.41) is 16.4. The van der Waals surface area contributed by atoms with Crippen molar-refractivity contribution in [2.75, 3.05) is 0 Å². The third kappa shape index (κ3) is 3.72. The molecular formula is C17H17N3O2S. The number of nitrogens with two attached hydrogens (primary N) is 1. The molecular weight excluding hydrogens is 310 g/mol. The van der Waals surface area contributed by atoms with E-state index in [-0.39, 0.29) is 17.1 Å². The van der Waals surface area contributed by atoms with Gasteiger partial charge in [-0.05, 0) is 23.0 Å². The summed E-state index contributed by atoms with van der Waals surface area (Å²) in [7, 11) is 0. The standard InChI is InChI=1S/C17H17N3O2S/c18-15(10-12-6-8-14(9-7-12)20(21)22)16-11-23-17(19-16)13-4-2-1-3-5-13/h1-9,11,15,17,19H,10,18H2/t15-,17?/m0/s1. The molecule has 0 fully saturated rings. The average molecular weight is 327 g/mol. The van der Waals surface area contributed by atoms with Crippen molar-refractivity contribution >= 4 is 17.4 Å². The topological polar surface area (TPSA) is 81.2 Å². The van der Waals surface area contributed by atoms with Gasteiger partial charge in [0, 0.05) is 23.9 Å². The Kier molecular flexibility index (Phi) is 4.64. The van der Waals surface area contributed by atoms with Crippen LogP contribution in [0.5, 0.6) is 0 Å². The minimum atomic E-state index is -0.397. The van der Waals surface area contributed by atoms with E-state index in [0.717, 1.165) is 11.3 Å². The van der Waals surface area contributed by atoms with Crippen LogP contribution in [-0.4, -0.2) is 11.0 Å². The smallest absolute Gasteiger partial charge is 0.269 e. The fraction of sp³-hybridized carbons (Fsp3) is 0.176. The molecule has 0 saturated heterocycles. The second kappa shape index (κ2) is 6.85. The Morgan fingerprint density at radius 1 is 1.17 bits per heavy atom. The highest BCUT2D eigenvalue weighted by atomic mass is 32.2. The zero-order valence-corrected chi connectivity index (χ0v) is 13.2. The molecule has 6 heteroatoms. The molecule has 0 saturated carbocycles. The highest BCUT2D eigenvalue weighted by Gasteiger charge is 2.22. The van der Waals surface area contributed by atoms with Gasteiger partial charge in [-0.1, -0.05) is 42.5 Å². The number of benzene rings is 2.